The van der Waals surface area contributed by atoms with Gasteiger partial charge in [0.15, 0.2) is 0 Å². The van der Waals surface area contributed by atoms with Gasteiger partial charge >= 0.3 is 0 Å². The van der Waals surface area contributed by atoms with E-state index in [0.717, 1.165) is 12.5 Å². The molecule has 1 aromatic rings. The minimum absolute atomic E-state index is 0.441. The lowest BCUT2D eigenvalue weighted by molar-refractivity contribution is 0.113. The second-order valence-electron chi connectivity index (χ2n) is 5.93. The largest absolute Gasteiger partial charge is 0.309 e. The number of hydrogen-bond acceptors (Lipinski definition) is 2. The Labute approximate surface area is 118 Å². The van der Waals surface area contributed by atoms with E-state index in [-0.39, 0.29) is 0 Å². The average Bonchev–Trinajstić information content (AvgIpc) is 2.45. The van der Waals surface area contributed by atoms with Crippen LogP contribution in [0.1, 0.15) is 45.2 Å². The maximum atomic E-state index is 3.67. The van der Waals surface area contributed by atoms with E-state index >= 15 is 0 Å². The smallest absolute Gasteiger partial charge is 0.0475 e. The number of likely N-dealkylation sites (N-methyl/N-ethyl adjacent to an activating group) is 1. The Kier molecular flexibility index (Phi) is 5.41. The van der Waals surface area contributed by atoms with Gasteiger partial charge in [-0.05, 0) is 44.3 Å². The quantitative estimate of drug-likeness (QED) is 0.872. The topological polar surface area (TPSA) is 15.3 Å². The predicted molar refractivity (Wildman–Crippen MR) is 82.3 cm³/mol. The third kappa shape index (κ3) is 3.80. The first-order valence-corrected chi connectivity index (χ1v) is 7.74. The predicted octanol–water partition coefficient (Wildman–Crippen LogP) is 3.46. The van der Waals surface area contributed by atoms with Crippen LogP contribution in [0.25, 0.3) is 0 Å². The van der Waals surface area contributed by atoms with E-state index in [1.54, 1.807) is 0 Å². The standard InChI is InChI=1S/C17H28N2/c1-4-18-17(16-10-6-5-7-11-16)15(3)19-12-8-9-14(2)13-19/h5-7,10-11,14-15,17-18H,4,8-9,12-13H2,1-3H3. The van der Waals surface area contributed by atoms with Crippen LogP contribution in [0.4, 0.5) is 0 Å². The minimum Gasteiger partial charge on any atom is -0.309 e. The van der Waals surface area contributed by atoms with Gasteiger partial charge in [0.25, 0.3) is 0 Å². The average molecular weight is 260 g/mol. The second kappa shape index (κ2) is 7.06. The van der Waals surface area contributed by atoms with E-state index in [1.165, 1.54) is 31.5 Å². The van der Waals surface area contributed by atoms with Crippen LogP contribution in [0.2, 0.25) is 0 Å². The SMILES string of the molecule is CCNC(c1ccccc1)C(C)N1CCCC(C)C1. The Morgan fingerprint density at radius 3 is 2.68 bits per heavy atom. The molecule has 1 aliphatic heterocycles. The Bertz CT molecular complexity index is 363. The number of likely N-dealkylation sites (tertiary alicyclic amines) is 1. The van der Waals surface area contributed by atoms with Crippen molar-refractivity contribution in [3.63, 3.8) is 0 Å². The van der Waals surface area contributed by atoms with Gasteiger partial charge in [-0.1, -0.05) is 44.2 Å². The van der Waals surface area contributed by atoms with E-state index in [9.17, 15) is 0 Å². The van der Waals surface area contributed by atoms with Crippen molar-refractivity contribution in [3.05, 3.63) is 35.9 Å². The highest BCUT2D eigenvalue weighted by atomic mass is 15.2. The van der Waals surface area contributed by atoms with Gasteiger partial charge in [-0.2, -0.15) is 0 Å². The Hall–Kier alpha value is -0.860. The molecule has 1 heterocycles. The molecule has 0 bridgehead atoms. The number of hydrogen-bond donors (Lipinski definition) is 1. The fourth-order valence-corrected chi connectivity index (χ4v) is 3.25. The summed E-state index contributed by atoms with van der Waals surface area (Å²) in [6, 6.07) is 11.9. The molecule has 1 N–H and O–H groups in total. The molecule has 0 aliphatic carbocycles. The molecule has 1 aliphatic rings. The van der Waals surface area contributed by atoms with Crippen molar-refractivity contribution < 1.29 is 0 Å². The van der Waals surface area contributed by atoms with Crippen molar-refractivity contribution in [2.75, 3.05) is 19.6 Å². The lowest BCUT2D eigenvalue weighted by Gasteiger charge is -2.39. The van der Waals surface area contributed by atoms with Crippen LogP contribution in [-0.4, -0.2) is 30.6 Å². The maximum Gasteiger partial charge on any atom is 0.0475 e. The van der Waals surface area contributed by atoms with Crippen LogP contribution < -0.4 is 5.32 Å². The summed E-state index contributed by atoms with van der Waals surface area (Å²) in [7, 11) is 0. The van der Waals surface area contributed by atoms with Crippen molar-refractivity contribution in [2.24, 2.45) is 5.92 Å². The van der Waals surface area contributed by atoms with Gasteiger partial charge in [0.1, 0.15) is 0 Å². The van der Waals surface area contributed by atoms with Crippen molar-refractivity contribution in [1.29, 1.82) is 0 Å². The molecule has 0 radical (unpaired) electrons. The molecule has 0 spiro atoms. The molecule has 0 amide bonds. The molecular formula is C17H28N2. The lowest BCUT2D eigenvalue weighted by Crippen LogP contribution is -2.47. The van der Waals surface area contributed by atoms with Gasteiger partial charge in [-0.25, -0.2) is 0 Å². The van der Waals surface area contributed by atoms with E-state index < -0.39 is 0 Å². The molecule has 2 nitrogen and oxygen atoms in total. The van der Waals surface area contributed by atoms with Gasteiger partial charge in [-0.15, -0.1) is 0 Å². The zero-order chi connectivity index (χ0) is 13.7. The van der Waals surface area contributed by atoms with Gasteiger partial charge in [0.05, 0.1) is 0 Å². The first kappa shape index (κ1) is 14.5. The first-order valence-electron chi connectivity index (χ1n) is 7.74. The molecule has 3 unspecified atom stereocenters. The van der Waals surface area contributed by atoms with Gasteiger partial charge in [0.2, 0.25) is 0 Å². The number of piperidine rings is 1. The third-order valence-electron chi connectivity index (χ3n) is 4.33. The van der Waals surface area contributed by atoms with E-state index in [2.05, 4.69) is 61.3 Å². The molecule has 1 saturated heterocycles. The van der Waals surface area contributed by atoms with E-state index in [0.29, 0.717) is 12.1 Å². The summed E-state index contributed by atoms with van der Waals surface area (Å²) in [5, 5.41) is 3.67. The Morgan fingerprint density at radius 2 is 2.05 bits per heavy atom. The fraction of sp³-hybridized carbons (Fsp3) is 0.647. The van der Waals surface area contributed by atoms with Crippen LogP contribution in [-0.2, 0) is 0 Å². The molecule has 106 valence electrons. The Balaban J connectivity index is 2.09. The van der Waals surface area contributed by atoms with Crippen LogP contribution in [0.15, 0.2) is 30.3 Å². The number of rotatable bonds is 5. The molecule has 2 rings (SSSR count). The number of nitrogens with zero attached hydrogens (tertiary/aromatic N) is 1. The van der Waals surface area contributed by atoms with Gasteiger partial charge < -0.3 is 5.32 Å². The molecular weight excluding hydrogens is 232 g/mol. The highest BCUT2D eigenvalue weighted by molar-refractivity contribution is 5.20. The van der Waals surface area contributed by atoms with Crippen LogP contribution >= 0.6 is 0 Å². The molecule has 2 heteroatoms. The molecule has 0 saturated carbocycles. The number of benzene rings is 1. The summed E-state index contributed by atoms with van der Waals surface area (Å²) in [6.07, 6.45) is 2.74. The summed E-state index contributed by atoms with van der Waals surface area (Å²) in [5.41, 5.74) is 1.41. The third-order valence-corrected chi connectivity index (χ3v) is 4.33. The summed E-state index contributed by atoms with van der Waals surface area (Å²) in [6.45, 7) is 10.5. The lowest BCUT2D eigenvalue weighted by atomic mass is 9.94. The second-order valence-corrected chi connectivity index (χ2v) is 5.93. The highest BCUT2D eigenvalue weighted by Gasteiger charge is 2.27. The monoisotopic (exact) mass is 260 g/mol. The maximum absolute atomic E-state index is 3.67. The van der Waals surface area contributed by atoms with Crippen LogP contribution in [0, 0.1) is 5.92 Å². The number of nitrogens with one attached hydrogen (secondary N) is 1. The van der Waals surface area contributed by atoms with Crippen molar-refractivity contribution in [1.82, 2.24) is 10.2 Å². The van der Waals surface area contributed by atoms with Crippen molar-refractivity contribution in [2.45, 2.75) is 45.7 Å². The fourth-order valence-electron chi connectivity index (χ4n) is 3.25. The first-order chi connectivity index (χ1) is 9.22. The summed E-state index contributed by atoms with van der Waals surface area (Å²) < 4.78 is 0. The zero-order valence-electron chi connectivity index (χ0n) is 12.6. The van der Waals surface area contributed by atoms with E-state index in [4.69, 9.17) is 0 Å². The Morgan fingerprint density at radius 1 is 1.32 bits per heavy atom. The normalized spacial score (nSPS) is 24.1. The molecule has 3 atom stereocenters. The highest BCUT2D eigenvalue weighted by Crippen LogP contribution is 2.25. The molecule has 1 fully saturated rings. The summed E-state index contributed by atoms with van der Waals surface area (Å²) >= 11 is 0. The zero-order valence-corrected chi connectivity index (χ0v) is 12.6. The minimum atomic E-state index is 0.441. The van der Waals surface area contributed by atoms with Crippen LogP contribution in [0.3, 0.4) is 0 Å². The summed E-state index contributed by atoms with van der Waals surface area (Å²) in [4.78, 5) is 2.66. The van der Waals surface area contributed by atoms with Crippen LogP contribution in [0.5, 0.6) is 0 Å². The molecule has 1 aromatic carbocycles. The molecule has 0 aromatic heterocycles. The van der Waals surface area contributed by atoms with Gasteiger partial charge in [0, 0.05) is 18.6 Å². The van der Waals surface area contributed by atoms with E-state index in [1.807, 2.05) is 0 Å². The molecule has 19 heavy (non-hydrogen) atoms. The summed E-state index contributed by atoms with van der Waals surface area (Å²) in [5.74, 6) is 0.842. The van der Waals surface area contributed by atoms with Crippen molar-refractivity contribution in [3.8, 4) is 0 Å². The van der Waals surface area contributed by atoms with Crippen molar-refractivity contribution >= 4 is 0 Å². The van der Waals surface area contributed by atoms with Gasteiger partial charge in [-0.3, -0.25) is 4.90 Å².